The maximum Gasteiger partial charge on any atom is 0.490 e. The van der Waals surface area contributed by atoms with Crippen molar-refractivity contribution in [2.75, 3.05) is 6.54 Å². The van der Waals surface area contributed by atoms with Gasteiger partial charge in [-0.1, -0.05) is 6.92 Å². The monoisotopic (exact) mass is 451 g/mol. The Kier molecular flexibility index (Phi) is 13.3. The van der Waals surface area contributed by atoms with Crippen molar-refractivity contribution < 1.29 is 50.9 Å². The third-order valence-corrected chi connectivity index (χ3v) is 2.51. The van der Waals surface area contributed by atoms with E-state index in [9.17, 15) is 31.1 Å². The smallest absolute Gasteiger partial charge is 0.475 e. The Morgan fingerprint density at radius 3 is 1.93 bits per heavy atom. The molecule has 0 radical (unpaired) electrons. The Morgan fingerprint density at radius 2 is 1.60 bits per heavy atom. The van der Waals surface area contributed by atoms with Crippen LogP contribution in [0.25, 0.3) is 0 Å². The molecule has 30 heavy (non-hydrogen) atoms. The Balaban J connectivity index is 0. The van der Waals surface area contributed by atoms with Gasteiger partial charge in [-0.05, 0) is 12.8 Å². The summed E-state index contributed by atoms with van der Waals surface area (Å²) in [6.07, 6.45) is -4.59. The number of rotatable bonds is 5. The molecule has 0 bridgehead atoms. The number of nitrogens with zero attached hydrogens (tertiary/aromatic N) is 2. The van der Waals surface area contributed by atoms with Crippen LogP contribution in [0.4, 0.5) is 26.3 Å². The molecule has 10 nitrogen and oxygen atoms in total. The number of carboxylic acids is 2. The van der Waals surface area contributed by atoms with E-state index in [2.05, 4.69) is 20.3 Å². The normalized spacial score (nSPS) is 11.4. The molecule has 0 fully saturated rings. The van der Waals surface area contributed by atoms with Crippen LogP contribution < -0.4 is 11.1 Å². The van der Waals surface area contributed by atoms with E-state index in [0.29, 0.717) is 13.0 Å². The number of aryl methyl sites for hydroxylation is 1. The van der Waals surface area contributed by atoms with Crippen LogP contribution in [0, 0.1) is 0 Å². The number of halogens is 6. The summed E-state index contributed by atoms with van der Waals surface area (Å²) in [5.41, 5.74) is 6.58. The number of carbonyl (C=O) groups excluding carboxylic acids is 1. The van der Waals surface area contributed by atoms with Gasteiger partial charge in [0.25, 0.3) is 0 Å². The molecule has 0 saturated carbocycles. The van der Waals surface area contributed by atoms with Gasteiger partial charge in [0.15, 0.2) is 5.96 Å². The summed E-state index contributed by atoms with van der Waals surface area (Å²) >= 11 is 0. The fourth-order valence-electron chi connectivity index (χ4n) is 1.16. The van der Waals surface area contributed by atoms with Crippen LogP contribution in [-0.4, -0.2) is 62.9 Å². The molecule has 1 aromatic heterocycles. The molecule has 172 valence electrons. The molecule has 1 amide bonds. The number of amides is 1. The summed E-state index contributed by atoms with van der Waals surface area (Å²) in [6.45, 7) is 2.36. The first-order valence-electron chi connectivity index (χ1n) is 7.78. The highest BCUT2D eigenvalue weighted by Crippen LogP contribution is 2.13. The zero-order valence-corrected chi connectivity index (χ0v) is 15.3. The van der Waals surface area contributed by atoms with Gasteiger partial charge in [0.2, 0.25) is 5.91 Å². The third kappa shape index (κ3) is 16.8. The summed E-state index contributed by atoms with van der Waals surface area (Å²) < 4.78 is 63.5. The van der Waals surface area contributed by atoms with Gasteiger partial charge in [-0.15, -0.1) is 0 Å². The van der Waals surface area contributed by atoms with Gasteiger partial charge in [-0.25, -0.2) is 14.6 Å². The minimum Gasteiger partial charge on any atom is -0.475 e. The van der Waals surface area contributed by atoms with E-state index in [1.807, 2.05) is 0 Å². The lowest BCUT2D eigenvalue weighted by atomic mass is 10.2. The Morgan fingerprint density at radius 1 is 1.13 bits per heavy atom. The second-order valence-electron chi connectivity index (χ2n) is 4.95. The zero-order valence-electron chi connectivity index (χ0n) is 15.3. The number of aliphatic imine (C=N–C) groups is 1. The Hall–Kier alpha value is -3.33. The summed E-state index contributed by atoms with van der Waals surface area (Å²) in [5.74, 6) is -5.44. The van der Waals surface area contributed by atoms with Crippen molar-refractivity contribution in [3.63, 3.8) is 0 Å². The molecule has 0 aliphatic heterocycles. The molecule has 0 unspecified atom stereocenters. The number of aromatic amines is 1. The number of carbonyl (C=O) groups is 3. The first kappa shape index (κ1) is 28.9. The molecule has 16 heteroatoms. The molecular formula is C14H19F6N5O5. The molecule has 0 aliphatic rings. The Labute approximate surface area is 165 Å². The van der Waals surface area contributed by atoms with Crippen molar-refractivity contribution in [1.82, 2.24) is 15.3 Å². The molecule has 0 saturated heterocycles. The van der Waals surface area contributed by atoms with Gasteiger partial charge in [-0.2, -0.15) is 26.3 Å². The van der Waals surface area contributed by atoms with Gasteiger partial charge in [-0.3, -0.25) is 15.1 Å². The molecule has 0 aromatic carbocycles. The summed E-state index contributed by atoms with van der Waals surface area (Å²) in [7, 11) is 0. The average Bonchev–Trinajstić information content (AvgIpc) is 3.11. The van der Waals surface area contributed by atoms with Crippen molar-refractivity contribution in [1.29, 1.82) is 0 Å². The highest BCUT2D eigenvalue weighted by molar-refractivity contribution is 5.95. The third-order valence-electron chi connectivity index (χ3n) is 2.51. The predicted molar refractivity (Wildman–Crippen MR) is 89.2 cm³/mol. The van der Waals surface area contributed by atoms with Crippen LogP contribution in [-0.2, 0) is 20.8 Å². The summed E-state index contributed by atoms with van der Waals surface area (Å²) in [5, 5.41) is 16.7. The van der Waals surface area contributed by atoms with Crippen molar-refractivity contribution >= 4 is 23.8 Å². The predicted octanol–water partition coefficient (Wildman–Crippen LogP) is 1.45. The van der Waals surface area contributed by atoms with Crippen molar-refractivity contribution in [2.45, 2.75) is 38.5 Å². The van der Waals surface area contributed by atoms with Crippen LogP contribution in [0.1, 0.15) is 25.5 Å². The largest absolute Gasteiger partial charge is 0.490 e. The molecule has 0 atom stereocenters. The molecule has 1 heterocycles. The number of alkyl halides is 6. The minimum atomic E-state index is -5.08. The van der Waals surface area contributed by atoms with E-state index in [4.69, 9.17) is 25.5 Å². The number of hydrogen-bond donors (Lipinski definition) is 5. The number of H-pyrrole nitrogens is 1. The highest BCUT2D eigenvalue weighted by Gasteiger charge is 2.38. The SMILES string of the molecule is CCC(=O)NC(N)=NCCCc1cnc[nH]1.O=C(O)C(F)(F)F.O=C(O)C(F)(F)F. The number of nitrogens with one attached hydrogen (secondary N) is 2. The summed E-state index contributed by atoms with van der Waals surface area (Å²) in [6, 6.07) is 0. The number of aliphatic carboxylic acids is 2. The van der Waals surface area contributed by atoms with Crippen LogP contribution in [0.15, 0.2) is 17.5 Å². The van der Waals surface area contributed by atoms with Crippen molar-refractivity contribution in [2.24, 2.45) is 10.7 Å². The topological polar surface area (TPSA) is 171 Å². The molecule has 0 aliphatic carbocycles. The van der Waals surface area contributed by atoms with Crippen LogP contribution in [0.5, 0.6) is 0 Å². The van der Waals surface area contributed by atoms with Gasteiger partial charge in [0.1, 0.15) is 0 Å². The number of carboxylic acid groups (broad SMARTS) is 2. The van der Waals surface area contributed by atoms with E-state index >= 15 is 0 Å². The first-order chi connectivity index (χ1) is 13.6. The second kappa shape index (κ2) is 13.8. The number of guanidine groups is 1. The summed E-state index contributed by atoms with van der Waals surface area (Å²) in [4.78, 5) is 39.7. The Bertz CT molecular complexity index is 664. The zero-order chi connectivity index (χ0) is 24.0. The van der Waals surface area contributed by atoms with Crippen LogP contribution in [0.3, 0.4) is 0 Å². The van der Waals surface area contributed by atoms with E-state index in [-0.39, 0.29) is 11.9 Å². The highest BCUT2D eigenvalue weighted by atomic mass is 19.4. The number of hydrogen-bond acceptors (Lipinski definition) is 5. The van der Waals surface area contributed by atoms with Crippen LogP contribution >= 0.6 is 0 Å². The van der Waals surface area contributed by atoms with Crippen molar-refractivity contribution in [3.05, 3.63) is 18.2 Å². The second-order valence-corrected chi connectivity index (χ2v) is 4.95. The first-order valence-corrected chi connectivity index (χ1v) is 7.78. The van der Waals surface area contributed by atoms with Gasteiger partial charge < -0.3 is 20.9 Å². The molecule has 6 N–H and O–H groups in total. The standard InChI is InChI=1S/C10H17N5O.2C2HF3O2/c1-2-9(16)15-10(11)13-5-3-4-8-6-12-7-14-8;2*3-2(4,5)1(6)7/h6-7H,2-5H2,1H3,(H,12,14)(H3,11,13,15,16);2*(H,6,7). The van der Waals surface area contributed by atoms with E-state index < -0.39 is 24.3 Å². The molecule has 0 spiro atoms. The lowest BCUT2D eigenvalue weighted by molar-refractivity contribution is -0.193. The van der Waals surface area contributed by atoms with Gasteiger partial charge in [0.05, 0.1) is 6.33 Å². The van der Waals surface area contributed by atoms with E-state index in [0.717, 1.165) is 18.5 Å². The lowest BCUT2D eigenvalue weighted by Crippen LogP contribution is -2.36. The molecule has 1 rings (SSSR count). The van der Waals surface area contributed by atoms with Gasteiger partial charge >= 0.3 is 24.3 Å². The average molecular weight is 451 g/mol. The number of nitrogens with two attached hydrogens (primary N) is 1. The van der Waals surface area contributed by atoms with Gasteiger partial charge in [0, 0.05) is 24.9 Å². The minimum absolute atomic E-state index is 0.116. The maximum absolute atomic E-state index is 11.0. The van der Waals surface area contributed by atoms with Crippen LogP contribution in [0.2, 0.25) is 0 Å². The van der Waals surface area contributed by atoms with E-state index in [1.165, 1.54) is 0 Å². The fourth-order valence-corrected chi connectivity index (χ4v) is 1.16. The quantitative estimate of drug-likeness (QED) is 0.195. The number of imidazole rings is 1. The lowest BCUT2D eigenvalue weighted by Gasteiger charge is -2.01. The molecule has 1 aromatic rings. The maximum atomic E-state index is 11.0. The van der Waals surface area contributed by atoms with E-state index in [1.54, 1.807) is 19.4 Å². The fraction of sp³-hybridized carbons (Fsp3) is 0.500. The molecular weight excluding hydrogens is 432 g/mol. The number of aromatic nitrogens is 2. The van der Waals surface area contributed by atoms with Crippen molar-refractivity contribution in [3.8, 4) is 0 Å².